The number of nitrogens with zero attached hydrogens (tertiary/aromatic N) is 2. The number of carbonyl (C=O) groups excluding carboxylic acids is 1. The summed E-state index contributed by atoms with van der Waals surface area (Å²) in [6, 6.07) is 13.9. The van der Waals surface area contributed by atoms with Crippen molar-refractivity contribution in [3.05, 3.63) is 65.5 Å². The number of fused-ring (bicyclic) bond motifs is 1. The molecule has 0 bridgehead atoms. The normalized spacial score (nSPS) is 11.7. The molecule has 3 aromatic rings. The molecule has 0 radical (unpaired) electrons. The van der Waals surface area contributed by atoms with Crippen molar-refractivity contribution in [2.45, 2.75) is 17.9 Å². The number of hydrogen-bond donors (Lipinski definition) is 0. The van der Waals surface area contributed by atoms with Crippen molar-refractivity contribution in [2.24, 2.45) is 4.99 Å². The van der Waals surface area contributed by atoms with E-state index in [1.807, 2.05) is 53.3 Å². The van der Waals surface area contributed by atoms with Crippen LogP contribution < -0.4 is 9.54 Å². The zero-order valence-electron chi connectivity index (χ0n) is 14.8. The Morgan fingerprint density at radius 2 is 2.08 bits per heavy atom. The summed E-state index contributed by atoms with van der Waals surface area (Å²) < 4.78 is 8.32. The van der Waals surface area contributed by atoms with Gasteiger partial charge in [0.2, 0.25) is 0 Å². The van der Waals surface area contributed by atoms with Gasteiger partial charge in [0.15, 0.2) is 4.80 Å². The van der Waals surface area contributed by atoms with Gasteiger partial charge in [0.1, 0.15) is 5.75 Å². The van der Waals surface area contributed by atoms with Crippen LogP contribution in [0.1, 0.15) is 5.56 Å². The molecular weight excluding hydrogens is 364 g/mol. The molecule has 4 nitrogen and oxygen atoms in total. The Bertz CT molecular complexity index is 1000. The number of thiazole rings is 1. The maximum atomic E-state index is 12.5. The number of amides is 1. The van der Waals surface area contributed by atoms with E-state index in [9.17, 15) is 4.79 Å². The summed E-state index contributed by atoms with van der Waals surface area (Å²) in [4.78, 5) is 18.7. The molecule has 26 heavy (non-hydrogen) atoms. The zero-order valence-corrected chi connectivity index (χ0v) is 16.4. The molecule has 2 aromatic carbocycles. The number of rotatable bonds is 6. The first-order valence-corrected chi connectivity index (χ1v) is 10.2. The Morgan fingerprint density at radius 1 is 1.31 bits per heavy atom. The van der Waals surface area contributed by atoms with Gasteiger partial charge in [0, 0.05) is 11.4 Å². The van der Waals surface area contributed by atoms with E-state index in [2.05, 4.69) is 11.6 Å². The Kier molecular flexibility index (Phi) is 5.96. The van der Waals surface area contributed by atoms with E-state index in [4.69, 9.17) is 4.74 Å². The fourth-order valence-electron chi connectivity index (χ4n) is 2.64. The summed E-state index contributed by atoms with van der Waals surface area (Å²) in [6.45, 7) is 4.41. The Labute approximate surface area is 160 Å². The van der Waals surface area contributed by atoms with Gasteiger partial charge >= 0.3 is 0 Å². The van der Waals surface area contributed by atoms with Gasteiger partial charge in [0.25, 0.3) is 5.91 Å². The maximum absolute atomic E-state index is 12.5. The third-order valence-corrected chi connectivity index (χ3v) is 5.72. The van der Waals surface area contributed by atoms with Crippen LogP contribution >= 0.6 is 23.1 Å². The summed E-state index contributed by atoms with van der Waals surface area (Å²) in [5.74, 6) is 0.634. The largest absolute Gasteiger partial charge is 0.497 e. The average Bonchev–Trinajstić information content (AvgIpc) is 2.98. The second-order valence-corrected chi connectivity index (χ2v) is 7.54. The highest BCUT2D eigenvalue weighted by atomic mass is 32.2. The maximum Gasteiger partial charge on any atom is 0.252 e. The number of hydrogen-bond acceptors (Lipinski definition) is 4. The van der Waals surface area contributed by atoms with E-state index >= 15 is 0 Å². The smallest absolute Gasteiger partial charge is 0.252 e. The molecule has 0 aliphatic rings. The van der Waals surface area contributed by atoms with Crippen LogP contribution in [0.15, 0.2) is 65.0 Å². The standard InChI is InChI=1S/C20H20N2O2S2/c1-4-11-22-17-10-7-15(24-2)13-18(17)26-20(22)21-19(23)12-14-5-8-16(25-3)9-6-14/h4-10,13H,1,11-12H2,2-3H3. The van der Waals surface area contributed by atoms with E-state index in [1.54, 1.807) is 24.9 Å². The lowest BCUT2D eigenvalue weighted by Gasteiger charge is -2.02. The molecule has 0 saturated carbocycles. The van der Waals surface area contributed by atoms with Gasteiger partial charge in [0.05, 0.1) is 23.7 Å². The van der Waals surface area contributed by atoms with E-state index in [1.165, 1.54) is 16.2 Å². The van der Waals surface area contributed by atoms with Crippen molar-refractivity contribution in [1.82, 2.24) is 4.57 Å². The van der Waals surface area contributed by atoms with E-state index < -0.39 is 0 Å². The quantitative estimate of drug-likeness (QED) is 0.470. The lowest BCUT2D eigenvalue weighted by molar-refractivity contribution is -0.117. The molecule has 0 aliphatic heterocycles. The number of benzene rings is 2. The van der Waals surface area contributed by atoms with Crippen molar-refractivity contribution >= 4 is 39.2 Å². The molecular formula is C20H20N2O2S2. The van der Waals surface area contributed by atoms with Crippen molar-refractivity contribution in [1.29, 1.82) is 0 Å². The molecule has 1 aromatic heterocycles. The van der Waals surface area contributed by atoms with Crippen molar-refractivity contribution in [2.75, 3.05) is 13.4 Å². The van der Waals surface area contributed by atoms with Crippen LogP contribution in [-0.2, 0) is 17.8 Å². The minimum absolute atomic E-state index is 0.154. The lowest BCUT2D eigenvalue weighted by atomic mass is 10.1. The van der Waals surface area contributed by atoms with Gasteiger partial charge in [-0.1, -0.05) is 29.5 Å². The summed E-state index contributed by atoms with van der Waals surface area (Å²) in [5.41, 5.74) is 1.99. The average molecular weight is 385 g/mol. The first kappa shape index (κ1) is 18.5. The van der Waals surface area contributed by atoms with Crippen LogP contribution in [-0.4, -0.2) is 23.8 Å². The molecule has 6 heteroatoms. The molecule has 0 atom stereocenters. The van der Waals surface area contributed by atoms with Gasteiger partial charge in [-0.2, -0.15) is 4.99 Å². The topological polar surface area (TPSA) is 43.6 Å². The third-order valence-electron chi connectivity index (χ3n) is 3.94. The molecule has 134 valence electrons. The van der Waals surface area contributed by atoms with Gasteiger partial charge in [-0.25, -0.2) is 0 Å². The van der Waals surface area contributed by atoms with E-state index in [-0.39, 0.29) is 5.91 Å². The Hall–Kier alpha value is -2.31. The number of carbonyl (C=O) groups is 1. The number of methoxy groups -OCH3 is 1. The molecule has 0 spiro atoms. The minimum Gasteiger partial charge on any atom is -0.497 e. The highest BCUT2D eigenvalue weighted by Crippen LogP contribution is 2.23. The minimum atomic E-state index is -0.154. The van der Waals surface area contributed by atoms with Gasteiger partial charge in [-0.15, -0.1) is 18.3 Å². The third kappa shape index (κ3) is 4.08. The molecule has 1 amide bonds. The van der Waals surface area contributed by atoms with Crippen molar-refractivity contribution in [3.8, 4) is 5.75 Å². The van der Waals surface area contributed by atoms with E-state index in [0.717, 1.165) is 21.5 Å². The number of ether oxygens (including phenoxy) is 1. The molecule has 0 unspecified atom stereocenters. The summed E-state index contributed by atoms with van der Waals surface area (Å²) in [5, 5.41) is 0. The van der Waals surface area contributed by atoms with Crippen molar-refractivity contribution in [3.63, 3.8) is 0 Å². The number of aromatic nitrogens is 1. The van der Waals surface area contributed by atoms with Crippen LogP contribution in [0.2, 0.25) is 0 Å². The zero-order chi connectivity index (χ0) is 18.5. The molecule has 0 aliphatic carbocycles. The van der Waals surface area contributed by atoms with E-state index in [0.29, 0.717) is 17.8 Å². The SMILES string of the molecule is C=CCn1c(=NC(=O)Cc2ccc(SC)cc2)sc2cc(OC)ccc21. The number of allylic oxidation sites excluding steroid dienone is 1. The fraction of sp³-hybridized carbons (Fsp3) is 0.200. The highest BCUT2D eigenvalue weighted by molar-refractivity contribution is 7.98. The molecule has 0 saturated heterocycles. The predicted octanol–water partition coefficient (Wildman–Crippen LogP) is 4.29. The summed E-state index contributed by atoms with van der Waals surface area (Å²) >= 11 is 3.16. The first-order valence-electron chi connectivity index (χ1n) is 8.13. The first-order chi connectivity index (χ1) is 12.6. The highest BCUT2D eigenvalue weighted by Gasteiger charge is 2.09. The van der Waals surface area contributed by atoms with Crippen LogP contribution in [0.4, 0.5) is 0 Å². The summed E-state index contributed by atoms with van der Waals surface area (Å²) in [6.07, 6.45) is 4.13. The molecule has 1 heterocycles. The monoisotopic (exact) mass is 384 g/mol. The summed E-state index contributed by atoms with van der Waals surface area (Å²) in [7, 11) is 1.64. The van der Waals surface area contributed by atoms with Crippen LogP contribution in [0.3, 0.4) is 0 Å². The molecule has 3 rings (SSSR count). The van der Waals surface area contributed by atoms with Crippen LogP contribution in [0.25, 0.3) is 10.2 Å². The molecule has 0 N–H and O–H groups in total. The second-order valence-electron chi connectivity index (χ2n) is 5.65. The lowest BCUT2D eigenvalue weighted by Crippen LogP contribution is -2.16. The van der Waals surface area contributed by atoms with Gasteiger partial charge in [-0.3, -0.25) is 4.79 Å². The Balaban J connectivity index is 1.94. The van der Waals surface area contributed by atoms with Gasteiger partial charge < -0.3 is 9.30 Å². The fourth-order valence-corrected chi connectivity index (χ4v) is 4.13. The number of thioether (sulfide) groups is 1. The van der Waals surface area contributed by atoms with Crippen LogP contribution in [0, 0.1) is 0 Å². The van der Waals surface area contributed by atoms with Crippen molar-refractivity contribution < 1.29 is 9.53 Å². The molecule has 0 fully saturated rings. The predicted molar refractivity (Wildman–Crippen MR) is 109 cm³/mol. The Morgan fingerprint density at radius 3 is 2.73 bits per heavy atom. The van der Waals surface area contributed by atoms with Crippen LogP contribution in [0.5, 0.6) is 5.75 Å². The van der Waals surface area contributed by atoms with Gasteiger partial charge in [-0.05, 0) is 42.2 Å². The second kappa shape index (κ2) is 8.38.